The van der Waals surface area contributed by atoms with E-state index in [0.717, 1.165) is 5.56 Å². The molecule has 76 valence electrons. The van der Waals surface area contributed by atoms with Crippen molar-refractivity contribution in [3.63, 3.8) is 0 Å². The van der Waals surface area contributed by atoms with E-state index in [1.165, 1.54) is 12.3 Å². The van der Waals surface area contributed by atoms with Gasteiger partial charge in [0.1, 0.15) is 12.4 Å². The van der Waals surface area contributed by atoms with Crippen LogP contribution >= 0.6 is 0 Å². The van der Waals surface area contributed by atoms with E-state index >= 15 is 0 Å². The smallest absolute Gasteiger partial charge is 0.339 e. The number of rotatable bonds is 3. The maximum atomic E-state index is 10.9. The molecular formula is C12H10O3. The molecule has 0 amide bonds. The summed E-state index contributed by atoms with van der Waals surface area (Å²) in [5.74, 6) is 0.523. The Labute approximate surface area is 86.9 Å². The minimum absolute atomic E-state index is 0.402. The van der Waals surface area contributed by atoms with E-state index in [9.17, 15) is 4.79 Å². The molecule has 0 saturated carbocycles. The summed E-state index contributed by atoms with van der Waals surface area (Å²) >= 11 is 0. The van der Waals surface area contributed by atoms with Gasteiger partial charge >= 0.3 is 5.63 Å². The summed E-state index contributed by atoms with van der Waals surface area (Å²) in [6, 6.07) is 12.7. The molecule has 0 aliphatic heterocycles. The quantitative estimate of drug-likeness (QED) is 0.766. The molecule has 0 radical (unpaired) electrons. The Kier molecular flexibility index (Phi) is 2.83. The third-order valence-corrected chi connectivity index (χ3v) is 1.92. The second kappa shape index (κ2) is 4.46. The van der Waals surface area contributed by atoms with Gasteiger partial charge in [0, 0.05) is 6.07 Å². The van der Waals surface area contributed by atoms with Crippen molar-refractivity contribution in [3.05, 3.63) is 64.7 Å². The molecule has 1 aromatic carbocycles. The van der Waals surface area contributed by atoms with Crippen molar-refractivity contribution in [3.8, 4) is 5.75 Å². The summed E-state index contributed by atoms with van der Waals surface area (Å²) in [5.41, 5.74) is 0.659. The zero-order valence-corrected chi connectivity index (χ0v) is 8.05. The first-order valence-corrected chi connectivity index (χ1v) is 4.60. The molecule has 0 atom stereocenters. The minimum atomic E-state index is -0.402. The lowest BCUT2D eigenvalue weighted by atomic mass is 10.2. The lowest BCUT2D eigenvalue weighted by molar-refractivity contribution is 0.301. The Hall–Kier alpha value is -2.03. The third-order valence-electron chi connectivity index (χ3n) is 1.92. The Bertz CT molecular complexity index is 473. The fourth-order valence-corrected chi connectivity index (χ4v) is 1.20. The normalized spacial score (nSPS) is 9.87. The number of ether oxygens (including phenoxy) is 1. The number of benzene rings is 1. The van der Waals surface area contributed by atoms with E-state index in [4.69, 9.17) is 4.74 Å². The fourth-order valence-electron chi connectivity index (χ4n) is 1.20. The summed E-state index contributed by atoms with van der Waals surface area (Å²) < 4.78 is 10.00. The zero-order valence-electron chi connectivity index (χ0n) is 8.05. The van der Waals surface area contributed by atoms with Crippen molar-refractivity contribution in [2.24, 2.45) is 0 Å². The first kappa shape index (κ1) is 9.52. The summed E-state index contributed by atoms with van der Waals surface area (Å²) in [6.07, 6.45) is 1.32. The predicted octanol–water partition coefficient (Wildman–Crippen LogP) is 2.22. The third kappa shape index (κ3) is 2.71. The summed E-state index contributed by atoms with van der Waals surface area (Å²) in [6.45, 7) is 0.449. The molecule has 0 unspecified atom stereocenters. The van der Waals surface area contributed by atoms with Gasteiger partial charge in [-0.3, -0.25) is 0 Å². The Morgan fingerprint density at radius 1 is 1.13 bits per heavy atom. The van der Waals surface area contributed by atoms with Crippen LogP contribution in [0.1, 0.15) is 5.56 Å². The van der Waals surface area contributed by atoms with Crippen molar-refractivity contribution in [2.75, 3.05) is 0 Å². The van der Waals surface area contributed by atoms with Crippen LogP contribution in [-0.2, 0) is 6.61 Å². The van der Waals surface area contributed by atoms with Gasteiger partial charge in [-0.2, -0.15) is 0 Å². The molecule has 3 nitrogen and oxygen atoms in total. The average Bonchev–Trinajstić information content (AvgIpc) is 2.28. The highest BCUT2D eigenvalue weighted by Gasteiger charge is 1.96. The molecule has 0 aliphatic rings. The van der Waals surface area contributed by atoms with E-state index in [-0.39, 0.29) is 0 Å². The molecule has 0 aliphatic carbocycles. The first-order valence-electron chi connectivity index (χ1n) is 4.60. The fraction of sp³-hybridized carbons (Fsp3) is 0.0833. The van der Waals surface area contributed by atoms with Gasteiger partial charge in [0.25, 0.3) is 0 Å². The van der Waals surface area contributed by atoms with Crippen molar-refractivity contribution in [2.45, 2.75) is 6.61 Å². The van der Waals surface area contributed by atoms with E-state index in [2.05, 4.69) is 4.42 Å². The number of hydrogen-bond acceptors (Lipinski definition) is 3. The van der Waals surface area contributed by atoms with Gasteiger partial charge in [-0.25, -0.2) is 4.79 Å². The van der Waals surface area contributed by atoms with E-state index < -0.39 is 5.63 Å². The SMILES string of the molecule is O=c1cc(OCc2ccccc2)cco1. The molecule has 0 fully saturated rings. The van der Waals surface area contributed by atoms with Crippen LogP contribution < -0.4 is 10.4 Å². The largest absolute Gasteiger partial charge is 0.489 e. The molecule has 1 aromatic heterocycles. The maximum Gasteiger partial charge on any atom is 0.339 e. The summed E-state index contributed by atoms with van der Waals surface area (Å²) in [5, 5.41) is 0. The first-order chi connectivity index (χ1) is 7.34. The van der Waals surface area contributed by atoms with Crippen molar-refractivity contribution < 1.29 is 9.15 Å². The molecule has 0 spiro atoms. The van der Waals surface area contributed by atoms with E-state index in [0.29, 0.717) is 12.4 Å². The van der Waals surface area contributed by atoms with Gasteiger partial charge in [-0.15, -0.1) is 0 Å². The highest BCUT2D eigenvalue weighted by atomic mass is 16.5. The molecule has 0 saturated heterocycles. The molecule has 2 aromatic rings. The number of hydrogen-bond donors (Lipinski definition) is 0. The van der Waals surface area contributed by atoms with Crippen LogP contribution in [0, 0.1) is 0 Å². The van der Waals surface area contributed by atoms with Crippen LogP contribution in [-0.4, -0.2) is 0 Å². The second-order valence-corrected chi connectivity index (χ2v) is 3.06. The topological polar surface area (TPSA) is 39.4 Å². The average molecular weight is 202 g/mol. The van der Waals surface area contributed by atoms with Crippen LogP contribution in [0.15, 0.2) is 57.9 Å². The highest BCUT2D eigenvalue weighted by Crippen LogP contribution is 2.09. The Morgan fingerprint density at radius 3 is 2.67 bits per heavy atom. The van der Waals surface area contributed by atoms with Crippen molar-refractivity contribution >= 4 is 0 Å². The molecule has 0 N–H and O–H groups in total. The van der Waals surface area contributed by atoms with Crippen molar-refractivity contribution in [1.82, 2.24) is 0 Å². The van der Waals surface area contributed by atoms with Crippen LogP contribution in [0.4, 0.5) is 0 Å². The van der Waals surface area contributed by atoms with Gasteiger partial charge in [-0.1, -0.05) is 30.3 Å². The molecule has 3 heteroatoms. The highest BCUT2D eigenvalue weighted by molar-refractivity contribution is 5.18. The van der Waals surface area contributed by atoms with Crippen LogP contribution in [0.5, 0.6) is 5.75 Å². The maximum absolute atomic E-state index is 10.9. The monoisotopic (exact) mass is 202 g/mol. The van der Waals surface area contributed by atoms with Crippen LogP contribution in [0.25, 0.3) is 0 Å². The molecule has 2 rings (SSSR count). The molecule has 15 heavy (non-hydrogen) atoms. The summed E-state index contributed by atoms with van der Waals surface area (Å²) in [4.78, 5) is 10.9. The Balaban J connectivity index is 2.02. The van der Waals surface area contributed by atoms with Gasteiger partial charge in [-0.05, 0) is 5.56 Å². The second-order valence-electron chi connectivity index (χ2n) is 3.06. The van der Waals surface area contributed by atoms with E-state index in [1.54, 1.807) is 6.07 Å². The minimum Gasteiger partial charge on any atom is -0.489 e. The lowest BCUT2D eigenvalue weighted by Gasteiger charge is -2.04. The lowest BCUT2D eigenvalue weighted by Crippen LogP contribution is -1.99. The Morgan fingerprint density at radius 2 is 1.93 bits per heavy atom. The molecule has 1 heterocycles. The van der Waals surface area contributed by atoms with Gasteiger partial charge < -0.3 is 9.15 Å². The predicted molar refractivity (Wildman–Crippen MR) is 55.8 cm³/mol. The van der Waals surface area contributed by atoms with Gasteiger partial charge in [0.05, 0.1) is 12.3 Å². The van der Waals surface area contributed by atoms with Crippen LogP contribution in [0.3, 0.4) is 0 Å². The summed E-state index contributed by atoms with van der Waals surface area (Å²) in [7, 11) is 0. The standard InChI is InChI=1S/C12H10O3/c13-12-8-11(6-7-14-12)15-9-10-4-2-1-3-5-10/h1-8H,9H2. The van der Waals surface area contributed by atoms with Crippen molar-refractivity contribution in [1.29, 1.82) is 0 Å². The van der Waals surface area contributed by atoms with E-state index in [1.807, 2.05) is 30.3 Å². The van der Waals surface area contributed by atoms with Crippen LogP contribution in [0.2, 0.25) is 0 Å². The zero-order chi connectivity index (χ0) is 10.5. The molecular weight excluding hydrogens is 192 g/mol. The van der Waals surface area contributed by atoms with Gasteiger partial charge in [0.15, 0.2) is 0 Å². The van der Waals surface area contributed by atoms with Gasteiger partial charge in [0.2, 0.25) is 0 Å². The molecule has 0 bridgehead atoms.